The van der Waals surface area contributed by atoms with Crippen LogP contribution in [-0.4, -0.2) is 61.1 Å². The Kier molecular flexibility index (Phi) is 7.05. The van der Waals surface area contributed by atoms with E-state index >= 15 is 0 Å². The Morgan fingerprint density at radius 2 is 1.53 bits per heavy atom. The molecule has 190 valence electrons. The van der Waals surface area contributed by atoms with Gasteiger partial charge in [0.05, 0.1) is 11.5 Å². The number of nitrogens with zero attached hydrogens (tertiary/aromatic N) is 2. The maximum atomic E-state index is 13.7. The van der Waals surface area contributed by atoms with Gasteiger partial charge in [0, 0.05) is 31.1 Å². The Labute approximate surface area is 215 Å². The van der Waals surface area contributed by atoms with Crippen molar-refractivity contribution in [2.24, 2.45) is 0 Å². The van der Waals surface area contributed by atoms with Gasteiger partial charge in [-0.2, -0.15) is 4.31 Å². The molecule has 2 saturated heterocycles. The summed E-state index contributed by atoms with van der Waals surface area (Å²) >= 11 is 0. The molecule has 6 heteroatoms. The molecule has 3 aromatic rings. The highest BCUT2D eigenvalue weighted by Crippen LogP contribution is 2.43. The summed E-state index contributed by atoms with van der Waals surface area (Å²) in [5.74, 6) is 0.0935. The molecule has 2 fully saturated rings. The van der Waals surface area contributed by atoms with Crippen molar-refractivity contribution in [1.29, 1.82) is 0 Å². The molecule has 0 amide bonds. The Balaban J connectivity index is 1.44. The van der Waals surface area contributed by atoms with Crippen molar-refractivity contribution in [3.63, 3.8) is 0 Å². The number of hydrogen-bond donors (Lipinski definition) is 1. The summed E-state index contributed by atoms with van der Waals surface area (Å²) in [4.78, 5) is 2.71. The first-order valence-electron chi connectivity index (χ1n) is 12.9. The van der Waals surface area contributed by atoms with E-state index in [9.17, 15) is 13.5 Å². The third-order valence-corrected chi connectivity index (χ3v) is 9.92. The molecule has 1 unspecified atom stereocenters. The molecule has 0 aromatic heterocycles. The molecular weight excluding hydrogens is 468 g/mol. The van der Waals surface area contributed by atoms with Gasteiger partial charge < -0.3 is 5.11 Å². The van der Waals surface area contributed by atoms with Crippen LogP contribution in [0.4, 0.5) is 0 Å². The van der Waals surface area contributed by atoms with Crippen molar-refractivity contribution in [2.45, 2.75) is 56.5 Å². The fraction of sp³-hybridized carbons (Fsp3) is 0.400. The second kappa shape index (κ2) is 10.1. The van der Waals surface area contributed by atoms with Crippen LogP contribution in [0.5, 0.6) is 0 Å². The molecule has 0 bridgehead atoms. The molecule has 3 atom stereocenters. The number of benzene rings is 3. The van der Waals surface area contributed by atoms with Gasteiger partial charge in [0.15, 0.2) is 0 Å². The van der Waals surface area contributed by atoms with E-state index in [0.717, 1.165) is 30.5 Å². The third kappa shape index (κ3) is 4.63. The molecule has 5 rings (SSSR count). The predicted molar refractivity (Wildman–Crippen MR) is 145 cm³/mol. The van der Waals surface area contributed by atoms with Crippen molar-refractivity contribution in [3.8, 4) is 11.1 Å². The summed E-state index contributed by atoms with van der Waals surface area (Å²) in [6, 6.07) is 22.5. The average molecular weight is 505 g/mol. The van der Waals surface area contributed by atoms with Crippen LogP contribution in [0.1, 0.15) is 41.0 Å². The highest BCUT2D eigenvalue weighted by molar-refractivity contribution is 7.89. The van der Waals surface area contributed by atoms with E-state index in [1.165, 1.54) is 22.3 Å². The van der Waals surface area contributed by atoms with Gasteiger partial charge in [-0.25, -0.2) is 8.42 Å². The first kappa shape index (κ1) is 25.2. The Hall–Kier alpha value is -2.51. The van der Waals surface area contributed by atoms with Crippen LogP contribution in [0.15, 0.2) is 71.6 Å². The van der Waals surface area contributed by atoms with Crippen LogP contribution in [0.2, 0.25) is 0 Å². The van der Waals surface area contributed by atoms with Crippen LogP contribution in [-0.2, 0) is 10.0 Å². The van der Waals surface area contributed by atoms with Crippen molar-refractivity contribution < 1.29 is 13.5 Å². The van der Waals surface area contributed by atoms with E-state index in [1.807, 2.05) is 19.1 Å². The summed E-state index contributed by atoms with van der Waals surface area (Å²) in [5, 5.41) is 10.3. The number of sulfonamides is 1. The van der Waals surface area contributed by atoms with Crippen molar-refractivity contribution in [3.05, 3.63) is 89.0 Å². The van der Waals surface area contributed by atoms with Crippen LogP contribution in [0.25, 0.3) is 11.1 Å². The van der Waals surface area contributed by atoms with Crippen LogP contribution >= 0.6 is 0 Å². The van der Waals surface area contributed by atoms with Crippen molar-refractivity contribution in [1.82, 2.24) is 9.21 Å². The van der Waals surface area contributed by atoms with E-state index < -0.39 is 10.0 Å². The largest absolute Gasteiger partial charge is 0.395 e. The number of hydrogen-bond acceptors (Lipinski definition) is 4. The second-order valence-electron chi connectivity index (χ2n) is 10.4. The molecule has 3 aromatic carbocycles. The third-order valence-electron chi connectivity index (χ3n) is 7.89. The van der Waals surface area contributed by atoms with Gasteiger partial charge in [-0.1, -0.05) is 71.8 Å². The first-order chi connectivity index (χ1) is 17.3. The topological polar surface area (TPSA) is 60.9 Å². The van der Waals surface area contributed by atoms with Gasteiger partial charge in [-0.3, -0.25) is 4.90 Å². The van der Waals surface area contributed by atoms with Gasteiger partial charge in [0.25, 0.3) is 0 Å². The van der Waals surface area contributed by atoms with Crippen LogP contribution in [0.3, 0.4) is 0 Å². The zero-order valence-corrected chi connectivity index (χ0v) is 22.2. The van der Waals surface area contributed by atoms with Gasteiger partial charge in [0.1, 0.15) is 0 Å². The maximum absolute atomic E-state index is 13.7. The molecule has 0 radical (unpaired) electrons. The molecule has 5 nitrogen and oxygen atoms in total. The fourth-order valence-electron chi connectivity index (χ4n) is 6.15. The summed E-state index contributed by atoms with van der Waals surface area (Å²) in [5.41, 5.74) is 6.80. The van der Waals surface area contributed by atoms with Crippen molar-refractivity contribution >= 4 is 10.0 Å². The Morgan fingerprint density at radius 3 is 2.19 bits per heavy atom. The lowest BCUT2D eigenvalue weighted by Gasteiger charge is -2.57. The van der Waals surface area contributed by atoms with E-state index in [2.05, 4.69) is 61.2 Å². The summed E-state index contributed by atoms with van der Waals surface area (Å²) < 4.78 is 29.0. The van der Waals surface area contributed by atoms with Gasteiger partial charge in [-0.15, -0.1) is 0 Å². The van der Waals surface area contributed by atoms with E-state index in [1.54, 1.807) is 16.4 Å². The lowest BCUT2D eigenvalue weighted by molar-refractivity contribution is -0.0553. The smallest absolute Gasteiger partial charge is 0.243 e. The molecule has 36 heavy (non-hydrogen) atoms. The summed E-state index contributed by atoms with van der Waals surface area (Å²) in [6.45, 7) is 8.03. The number of rotatable bonds is 5. The van der Waals surface area contributed by atoms with E-state index in [4.69, 9.17) is 0 Å². The minimum Gasteiger partial charge on any atom is -0.395 e. The fourth-order valence-corrected chi connectivity index (χ4v) is 7.87. The predicted octanol–water partition coefficient (Wildman–Crippen LogP) is 4.89. The first-order valence-corrected chi connectivity index (χ1v) is 14.3. The standard InChI is InChI=1S/C30H36N2O3S/c1-21-16-22(2)18-26(17-21)24-10-12-25(13-11-24)30-27-19-31(14-6-7-15-32(27)28(30)20-33)36(34,35)29-9-5-4-8-23(29)3/h4-5,8-13,16-18,27-28,30,33H,6-7,14-15,19-20H2,1-3H3/t27-,28?,30-/m0/s1. The minimum atomic E-state index is -3.59. The zero-order chi connectivity index (χ0) is 25.4. The molecular formula is C30H36N2O3S. The highest BCUT2D eigenvalue weighted by atomic mass is 32.2. The van der Waals surface area contributed by atoms with Crippen molar-refractivity contribution in [2.75, 3.05) is 26.2 Å². The monoisotopic (exact) mass is 504 g/mol. The Morgan fingerprint density at radius 1 is 0.861 bits per heavy atom. The minimum absolute atomic E-state index is 0.0168. The molecule has 2 aliphatic heterocycles. The average Bonchev–Trinajstić information content (AvgIpc) is 2.83. The van der Waals surface area contributed by atoms with E-state index in [-0.39, 0.29) is 24.6 Å². The SMILES string of the molecule is Cc1cc(C)cc(-c2ccc([C@@H]3C(CO)N4CCCCN(S(=O)(=O)c5ccccc5C)C[C@@H]34)cc2)c1. The molecule has 1 N–H and O–H groups in total. The molecule has 2 aliphatic rings. The Bertz CT molecular complexity index is 1320. The van der Waals surface area contributed by atoms with Crippen LogP contribution < -0.4 is 0 Å². The molecule has 0 spiro atoms. The quantitative estimate of drug-likeness (QED) is 0.537. The highest BCUT2D eigenvalue weighted by Gasteiger charge is 2.50. The molecule has 0 aliphatic carbocycles. The lowest BCUT2D eigenvalue weighted by Crippen LogP contribution is -2.67. The zero-order valence-electron chi connectivity index (χ0n) is 21.4. The molecule has 2 heterocycles. The normalized spacial score (nSPS) is 23.4. The van der Waals surface area contributed by atoms with E-state index in [0.29, 0.717) is 18.0 Å². The van der Waals surface area contributed by atoms with Crippen LogP contribution in [0, 0.1) is 20.8 Å². The maximum Gasteiger partial charge on any atom is 0.243 e. The lowest BCUT2D eigenvalue weighted by atomic mass is 9.74. The second-order valence-corrected chi connectivity index (χ2v) is 12.3. The summed E-state index contributed by atoms with van der Waals surface area (Å²) in [7, 11) is -3.59. The van der Waals surface area contributed by atoms with Gasteiger partial charge >= 0.3 is 0 Å². The number of aliphatic hydroxyl groups is 1. The van der Waals surface area contributed by atoms with Gasteiger partial charge in [0.2, 0.25) is 10.0 Å². The number of aryl methyl sites for hydroxylation is 3. The summed E-state index contributed by atoms with van der Waals surface area (Å²) in [6.07, 6.45) is 1.74. The van der Waals surface area contributed by atoms with Gasteiger partial charge in [-0.05, 0) is 68.5 Å². The molecule has 0 saturated carbocycles. The number of fused-ring (bicyclic) bond motifs is 1. The number of aliphatic hydroxyl groups excluding tert-OH is 1.